The lowest BCUT2D eigenvalue weighted by Gasteiger charge is -2.17. The summed E-state index contributed by atoms with van der Waals surface area (Å²) in [6.07, 6.45) is 0.456. The summed E-state index contributed by atoms with van der Waals surface area (Å²) in [6.45, 7) is 7.33. The molecule has 1 aromatic heterocycles. The highest BCUT2D eigenvalue weighted by Gasteiger charge is 2.23. The van der Waals surface area contributed by atoms with Crippen LogP contribution in [0.2, 0.25) is 0 Å². The van der Waals surface area contributed by atoms with Gasteiger partial charge in [0.2, 0.25) is 11.9 Å². The fourth-order valence-electron chi connectivity index (χ4n) is 2.66. The molecule has 0 bridgehead atoms. The van der Waals surface area contributed by atoms with E-state index in [1.165, 1.54) is 5.56 Å². The van der Waals surface area contributed by atoms with E-state index in [2.05, 4.69) is 46.2 Å². The maximum Gasteiger partial charge on any atom is 0.232 e. The number of aliphatic hydroxyl groups is 1. The Bertz CT molecular complexity index is 688. The first-order valence-corrected chi connectivity index (χ1v) is 7.51. The average molecular weight is 299 g/mol. The number of anilines is 3. The van der Waals surface area contributed by atoms with Gasteiger partial charge in [0.15, 0.2) is 0 Å². The summed E-state index contributed by atoms with van der Waals surface area (Å²) >= 11 is 0. The largest absolute Gasteiger partial charge is 0.391 e. The lowest BCUT2D eigenvalue weighted by atomic mass is 10.1. The van der Waals surface area contributed by atoms with E-state index in [-0.39, 0.29) is 6.10 Å². The maximum atomic E-state index is 9.67. The van der Waals surface area contributed by atoms with Crippen LogP contribution in [-0.4, -0.2) is 39.3 Å². The molecule has 1 aliphatic rings. The van der Waals surface area contributed by atoms with Gasteiger partial charge in [-0.05, 0) is 38.8 Å². The monoisotopic (exact) mass is 299 g/mol. The maximum absolute atomic E-state index is 9.67. The molecule has 6 nitrogen and oxygen atoms in total. The van der Waals surface area contributed by atoms with Crippen molar-refractivity contribution in [2.45, 2.75) is 33.3 Å². The van der Waals surface area contributed by atoms with Gasteiger partial charge in [-0.2, -0.15) is 15.0 Å². The molecule has 3 rings (SSSR count). The minimum absolute atomic E-state index is 0.298. The number of hydrogen-bond donors (Lipinski definition) is 2. The van der Waals surface area contributed by atoms with Gasteiger partial charge < -0.3 is 15.3 Å². The molecule has 1 aromatic carbocycles. The topological polar surface area (TPSA) is 74.2 Å². The Kier molecular flexibility index (Phi) is 3.94. The molecule has 1 aliphatic heterocycles. The Balaban J connectivity index is 1.86. The Labute approximate surface area is 130 Å². The molecule has 0 aliphatic carbocycles. The first kappa shape index (κ1) is 14.7. The standard InChI is InChI=1S/C16H21N5O/c1-10-4-5-14(11(2)8-10)19-15-17-12(3)18-16(20-15)21-7-6-13(22)9-21/h4-5,8,13,22H,6-7,9H2,1-3H3,(H,17,18,19,20). The normalized spacial score (nSPS) is 17.8. The minimum Gasteiger partial charge on any atom is -0.391 e. The molecule has 2 N–H and O–H groups in total. The van der Waals surface area contributed by atoms with Crippen molar-refractivity contribution in [3.63, 3.8) is 0 Å². The second-order valence-electron chi connectivity index (χ2n) is 5.84. The third-order valence-electron chi connectivity index (χ3n) is 3.81. The molecule has 0 radical (unpaired) electrons. The number of aliphatic hydroxyl groups excluding tert-OH is 1. The van der Waals surface area contributed by atoms with E-state index in [0.29, 0.717) is 24.3 Å². The van der Waals surface area contributed by atoms with Gasteiger partial charge in [0.25, 0.3) is 0 Å². The number of nitrogens with one attached hydrogen (secondary N) is 1. The van der Waals surface area contributed by atoms with Crippen molar-refractivity contribution in [1.29, 1.82) is 0 Å². The quantitative estimate of drug-likeness (QED) is 0.904. The van der Waals surface area contributed by atoms with E-state index >= 15 is 0 Å². The third-order valence-corrected chi connectivity index (χ3v) is 3.81. The van der Waals surface area contributed by atoms with Crippen molar-refractivity contribution < 1.29 is 5.11 Å². The summed E-state index contributed by atoms with van der Waals surface area (Å²) in [5.41, 5.74) is 3.36. The van der Waals surface area contributed by atoms with Crippen molar-refractivity contribution in [3.05, 3.63) is 35.2 Å². The van der Waals surface area contributed by atoms with Gasteiger partial charge in [0, 0.05) is 18.8 Å². The molecular weight excluding hydrogens is 278 g/mol. The highest BCUT2D eigenvalue weighted by atomic mass is 16.3. The summed E-state index contributed by atoms with van der Waals surface area (Å²) in [7, 11) is 0. The number of β-amino-alcohol motifs (C(OH)–C–C–N with tert-alkyl or cyclic N) is 1. The molecule has 1 fully saturated rings. The van der Waals surface area contributed by atoms with Gasteiger partial charge in [-0.3, -0.25) is 0 Å². The SMILES string of the molecule is Cc1ccc(Nc2nc(C)nc(N3CCC(O)C3)n2)c(C)c1. The molecule has 116 valence electrons. The number of aromatic nitrogens is 3. The highest BCUT2D eigenvalue weighted by molar-refractivity contribution is 5.59. The highest BCUT2D eigenvalue weighted by Crippen LogP contribution is 2.22. The first-order chi connectivity index (χ1) is 10.5. The molecule has 1 saturated heterocycles. The van der Waals surface area contributed by atoms with Gasteiger partial charge in [-0.25, -0.2) is 0 Å². The van der Waals surface area contributed by atoms with Crippen LogP contribution in [0.15, 0.2) is 18.2 Å². The zero-order chi connectivity index (χ0) is 15.7. The van der Waals surface area contributed by atoms with E-state index in [0.717, 1.165) is 24.2 Å². The van der Waals surface area contributed by atoms with Crippen LogP contribution in [0, 0.1) is 20.8 Å². The van der Waals surface area contributed by atoms with Crippen LogP contribution in [0.4, 0.5) is 17.6 Å². The molecule has 6 heteroatoms. The van der Waals surface area contributed by atoms with Crippen molar-refractivity contribution in [1.82, 2.24) is 15.0 Å². The molecule has 2 heterocycles. The summed E-state index contributed by atoms with van der Waals surface area (Å²) in [6, 6.07) is 6.21. The smallest absolute Gasteiger partial charge is 0.232 e. The van der Waals surface area contributed by atoms with E-state index < -0.39 is 0 Å². The van der Waals surface area contributed by atoms with E-state index in [9.17, 15) is 5.11 Å². The Morgan fingerprint density at radius 2 is 2.00 bits per heavy atom. The van der Waals surface area contributed by atoms with Gasteiger partial charge in [0.05, 0.1) is 6.10 Å². The molecule has 1 unspecified atom stereocenters. The second kappa shape index (κ2) is 5.88. The molecular formula is C16H21N5O. The third kappa shape index (κ3) is 3.17. The number of aryl methyl sites for hydroxylation is 3. The number of hydrogen-bond acceptors (Lipinski definition) is 6. The molecule has 0 spiro atoms. The van der Waals surface area contributed by atoms with Gasteiger partial charge in [-0.15, -0.1) is 0 Å². The second-order valence-corrected chi connectivity index (χ2v) is 5.84. The predicted octanol–water partition coefficient (Wildman–Crippen LogP) is 2.11. The molecule has 22 heavy (non-hydrogen) atoms. The summed E-state index contributed by atoms with van der Waals surface area (Å²) in [5, 5.41) is 12.9. The zero-order valence-corrected chi connectivity index (χ0v) is 13.2. The van der Waals surface area contributed by atoms with Crippen molar-refractivity contribution in [3.8, 4) is 0 Å². The lowest BCUT2D eigenvalue weighted by Crippen LogP contribution is -2.24. The number of rotatable bonds is 3. The molecule has 1 atom stereocenters. The zero-order valence-electron chi connectivity index (χ0n) is 13.2. The van der Waals surface area contributed by atoms with Crippen LogP contribution in [0.25, 0.3) is 0 Å². The van der Waals surface area contributed by atoms with Crippen LogP contribution >= 0.6 is 0 Å². The Morgan fingerprint density at radius 3 is 2.68 bits per heavy atom. The van der Waals surface area contributed by atoms with Crippen molar-refractivity contribution >= 4 is 17.6 Å². The first-order valence-electron chi connectivity index (χ1n) is 7.51. The van der Waals surface area contributed by atoms with Crippen LogP contribution in [0.1, 0.15) is 23.4 Å². The van der Waals surface area contributed by atoms with Crippen LogP contribution in [-0.2, 0) is 0 Å². The van der Waals surface area contributed by atoms with E-state index in [4.69, 9.17) is 0 Å². The molecule has 0 saturated carbocycles. The van der Waals surface area contributed by atoms with Gasteiger partial charge >= 0.3 is 0 Å². The molecule has 2 aromatic rings. The van der Waals surface area contributed by atoms with E-state index in [1.807, 2.05) is 17.9 Å². The fourth-order valence-corrected chi connectivity index (χ4v) is 2.66. The predicted molar refractivity (Wildman–Crippen MR) is 86.6 cm³/mol. The van der Waals surface area contributed by atoms with Gasteiger partial charge in [0.1, 0.15) is 5.82 Å². The van der Waals surface area contributed by atoms with Gasteiger partial charge in [-0.1, -0.05) is 17.7 Å². The Hall–Kier alpha value is -2.21. The lowest BCUT2D eigenvalue weighted by molar-refractivity contribution is 0.198. The Morgan fingerprint density at radius 1 is 1.18 bits per heavy atom. The van der Waals surface area contributed by atoms with Crippen molar-refractivity contribution in [2.24, 2.45) is 0 Å². The number of benzene rings is 1. The van der Waals surface area contributed by atoms with Crippen LogP contribution in [0.5, 0.6) is 0 Å². The minimum atomic E-state index is -0.298. The fraction of sp³-hybridized carbons (Fsp3) is 0.438. The van der Waals surface area contributed by atoms with Crippen LogP contribution < -0.4 is 10.2 Å². The molecule has 0 amide bonds. The van der Waals surface area contributed by atoms with Crippen molar-refractivity contribution in [2.75, 3.05) is 23.3 Å². The van der Waals surface area contributed by atoms with Crippen LogP contribution in [0.3, 0.4) is 0 Å². The average Bonchev–Trinajstić information content (AvgIpc) is 2.88. The summed E-state index contributed by atoms with van der Waals surface area (Å²) in [5.74, 6) is 1.82. The summed E-state index contributed by atoms with van der Waals surface area (Å²) in [4.78, 5) is 15.2. The van der Waals surface area contributed by atoms with E-state index in [1.54, 1.807) is 0 Å². The summed E-state index contributed by atoms with van der Waals surface area (Å²) < 4.78 is 0. The number of nitrogens with zero attached hydrogens (tertiary/aromatic N) is 4.